The molecule has 45 heavy (non-hydrogen) atoms. The summed E-state index contributed by atoms with van der Waals surface area (Å²) in [6.07, 6.45) is -5.63. The molecule has 5 N–H and O–H groups in total. The van der Waals surface area contributed by atoms with Gasteiger partial charge in [-0.2, -0.15) is 5.09 Å². The number of esters is 2. The van der Waals surface area contributed by atoms with Crippen molar-refractivity contribution in [3.05, 3.63) is 62.9 Å². The molecule has 1 saturated heterocycles. The van der Waals surface area contributed by atoms with E-state index in [0.717, 1.165) is 16.8 Å². The minimum Gasteiger partial charge on any atom is -0.463 e. The Kier molecular flexibility index (Phi) is 12.2. The van der Waals surface area contributed by atoms with Crippen molar-refractivity contribution in [2.75, 3.05) is 13.2 Å². The van der Waals surface area contributed by atoms with Crippen LogP contribution in [-0.4, -0.2) is 75.9 Å². The zero-order chi connectivity index (χ0) is 33.5. The normalized spacial score (nSPS) is 23.5. The van der Waals surface area contributed by atoms with Gasteiger partial charge in [0.1, 0.15) is 23.5 Å². The Hall–Kier alpha value is -3.40. The van der Waals surface area contributed by atoms with Crippen molar-refractivity contribution in [1.29, 1.82) is 0 Å². The molecule has 2 aromatic rings. The van der Waals surface area contributed by atoms with Crippen LogP contribution in [0.25, 0.3) is 0 Å². The minimum atomic E-state index is -4.61. The predicted molar refractivity (Wildman–Crippen MR) is 158 cm³/mol. The van der Waals surface area contributed by atoms with Crippen molar-refractivity contribution >= 4 is 19.7 Å². The summed E-state index contributed by atoms with van der Waals surface area (Å²) in [5.41, 5.74) is 2.56. The topological polar surface area (TPSA) is 210 Å². The van der Waals surface area contributed by atoms with Crippen LogP contribution in [0, 0.1) is 0 Å². The molecule has 1 aliphatic heterocycles. The van der Waals surface area contributed by atoms with Gasteiger partial charge in [0, 0.05) is 25.2 Å². The third-order valence-electron chi connectivity index (χ3n) is 6.63. The van der Waals surface area contributed by atoms with Gasteiger partial charge < -0.3 is 29.6 Å². The number of hydrogen-bond donors (Lipinski definition) is 4. The van der Waals surface area contributed by atoms with E-state index in [4.69, 9.17) is 29.0 Å². The molecule has 2 unspecified atom stereocenters. The molecule has 1 aromatic carbocycles. The predicted octanol–water partition coefficient (Wildman–Crippen LogP) is 1.48. The molecule has 6 atom stereocenters. The van der Waals surface area contributed by atoms with E-state index < -0.39 is 80.3 Å². The van der Waals surface area contributed by atoms with Crippen LogP contribution in [0.1, 0.15) is 52.8 Å². The number of carbonyl (C=O) groups excluding carboxylic acids is 2. The number of halogens is 1. The van der Waals surface area contributed by atoms with Crippen LogP contribution < -0.4 is 26.6 Å². The SMILES string of the molecule is CC(C)OC(=O)CCc1ccccc1OP(=O)(NC(C)C(=O)OC(C)C)OC[C@@]1(CN)O[C@@H](n2ccc(=O)[nH]c2=O)[C@H](F)[C@@H]1O. The first-order valence-corrected chi connectivity index (χ1v) is 15.9. The molecular weight excluding hydrogens is 618 g/mol. The third-order valence-corrected chi connectivity index (χ3v) is 8.24. The van der Waals surface area contributed by atoms with E-state index >= 15 is 4.39 Å². The highest BCUT2D eigenvalue weighted by Gasteiger charge is 2.57. The summed E-state index contributed by atoms with van der Waals surface area (Å²) in [6.45, 7) is 6.63. The van der Waals surface area contributed by atoms with Crippen LogP contribution in [0.15, 0.2) is 46.1 Å². The van der Waals surface area contributed by atoms with Crippen molar-refractivity contribution in [1.82, 2.24) is 14.6 Å². The highest BCUT2D eigenvalue weighted by molar-refractivity contribution is 7.52. The molecule has 0 saturated carbocycles. The van der Waals surface area contributed by atoms with Gasteiger partial charge in [0.25, 0.3) is 5.56 Å². The molecule has 250 valence electrons. The molecule has 17 heteroatoms. The largest absolute Gasteiger partial charge is 0.463 e. The first-order valence-electron chi connectivity index (χ1n) is 14.3. The Labute approximate surface area is 258 Å². The summed E-state index contributed by atoms with van der Waals surface area (Å²) in [5, 5.41) is 13.3. The maximum Gasteiger partial charge on any atom is 0.459 e. The van der Waals surface area contributed by atoms with Gasteiger partial charge in [-0.15, -0.1) is 0 Å². The molecule has 1 aromatic heterocycles. The number of carbonyl (C=O) groups is 2. The standard InChI is InChI=1S/C28H40FN4O11P/c1-16(2)41-22(35)11-10-19-8-6-7-9-20(19)44-45(39,32-18(5)26(37)42-17(3)4)40-15-28(14-30)24(36)23(29)25(43-28)33-13-12-21(34)31-27(33)38/h6-9,12-13,16-18,23-25,36H,10-11,14-15,30H2,1-5H3,(H,32,39)(H,31,34,38)/t18?,23-,24+,25-,28-,45?/m1/s1. The minimum absolute atomic E-state index is 0.0199. The van der Waals surface area contributed by atoms with Crippen LogP contribution in [0.4, 0.5) is 4.39 Å². The lowest BCUT2D eigenvalue weighted by Crippen LogP contribution is -2.52. The number of aliphatic hydroxyl groups excluding tert-OH is 1. The number of aliphatic hydroxyl groups is 1. The molecule has 2 heterocycles. The molecule has 0 spiro atoms. The summed E-state index contributed by atoms with van der Waals surface area (Å²) in [7, 11) is -4.61. The lowest BCUT2D eigenvalue weighted by Gasteiger charge is -2.32. The number of ether oxygens (including phenoxy) is 3. The molecule has 0 radical (unpaired) electrons. The average molecular weight is 659 g/mol. The average Bonchev–Trinajstić information content (AvgIpc) is 3.20. The number of hydrogen-bond acceptors (Lipinski definition) is 12. The number of aromatic amines is 1. The van der Waals surface area contributed by atoms with Gasteiger partial charge in [-0.1, -0.05) is 18.2 Å². The number of nitrogens with zero attached hydrogens (tertiary/aromatic N) is 1. The Morgan fingerprint density at radius 3 is 2.44 bits per heavy atom. The second-order valence-corrected chi connectivity index (χ2v) is 12.7. The molecule has 0 aliphatic carbocycles. The first kappa shape index (κ1) is 36.1. The number of para-hydroxylation sites is 1. The maximum atomic E-state index is 15.4. The summed E-state index contributed by atoms with van der Waals surface area (Å²) >= 11 is 0. The zero-order valence-corrected chi connectivity index (χ0v) is 26.5. The fraction of sp³-hybridized carbons (Fsp3) is 0.571. The molecule has 0 amide bonds. The van der Waals surface area contributed by atoms with Gasteiger partial charge in [0.2, 0.25) is 0 Å². The number of rotatable bonds is 15. The zero-order valence-electron chi connectivity index (χ0n) is 25.6. The third kappa shape index (κ3) is 9.31. The first-order chi connectivity index (χ1) is 21.1. The number of aromatic nitrogens is 2. The van der Waals surface area contributed by atoms with E-state index in [2.05, 4.69) is 5.09 Å². The van der Waals surface area contributed by atoms with Gasteiger partial charge in [-0.3, -0.25) is 28.5 Å². The second kappa shape index (κ2) is 15.3. The van der Waals surface area contributed by atoms with E-state index in [-0.39, 0.29) is 24.7 Å². The lowest BCUT2D eigenvalue weighted by atomic mass is 9.97. The maximum absolute atomic E-state index is 15.4. The van der Waals surface area contributed by atoms with Crippen LogP contribution in [0.2, 0.25) is 0 Å². The molecule has 15 nitrogen and oxygen atoms in total. The highest BCUT2D eigenvalue weighted by atomic mass is 31.2. The second-order valence-electron chi connectivity index (χ2n) is 11.0. The van der Waals surface area contributed by atoms with Crippen molar-refractivity contribution in [3.8, 4) is 5.75 Å². The number of alkyl halides is 1. The summed E-state index contributed by atoms with van der Waals surface area (Å²) in [6, 6.07) is 6.07. The van der Waals surface area contributed by atoms with E-state index in [0.29, 0.717) is 5.56 Å². The Balaban J connectivity index is 1.90. The van der Waals surface area contributed by atoms with Crippen molar-refractivity contribution in [3.63, 3.8) is 0 Å². The van der Waals surface area contributed by atoms with Gasteiger partial charge in [0.15, 0.2) is 12.4 Å². The number of H-pyrrole nitrogens is 1. The van der Waals surface area contributed by atoms with Gasteiger partial charge >= 0.3 is 25.4 Å². The lowest BCUT2D eigenvalue weighted by molar-refractivity contribution is -0.149. The Morgan fingerprint density at radius 1 is 1.16 bits per heavy atom. The number of aryl methyl sites for hydroxylation is 1. The number of benzene rings is 1. The molecular formula is C28H40FN4O11P. The molecule has 3 rings (SSSR count). The van der Waals surface area contributed by atoms with E-state index in [1.165, 1.54) is 13.0 Å². The quantitative estimate of drug-likeness (QED) is 0.158. The fourth-order valence-electron chi connectivity index (χ4n) is 4.40. The van der Waals surface area contributed by atoms with E-state index in [1.807, 2.05) is 4.98 Å². The summed E-state index contributed by atoms with van der Waals surface area (Å²) in [4.78, 5) is 50.5. The summed E-state index contributed by atoms with van der Waals surface area (Å²) in [5.74, 6) is -1.21. The number of nitrogens with one attached hydrogen (secondary N) is 2. The molecule has 0 bridgehead atoms. The fourth-order valence-corrected chi connectivity index (χ4v) is 5.99. The van der Waals surface area contributed by atoms with Crippen LogP contribution >= 0.6 is 7.75 Å². The smallest absolute Gasteiger partial charge is 0.459 e. The monoisotopic (exact) mass is 658 g/mol. The van der Waals surface area contributed by atoms with Gasteiger partial charge in [-0.25, -0.2) is 13.8 Å². The Morgan fingerprint density at radius 2 is 1.82 bits per heavy atom. The van der Waals surface area contributed by atoms with Crippen LogP contribution in [-0.2, 0) is 39.3 Å². The molecule has 1 fully saturated rings. The molecule has 1 aliphatic rings. The van der Waals surface area contributed by atoms with E-state index in [9.17, 15) is 28.8 Å². The van der Waals surface area contributed by atoms with Crippen molar-refractivity contribution < 1.29 is 46.9 Å². The Bertz CT molecular complexity index is 1500. The van der Waals surface area contributed by atoms with Gasteiger partial charge in [-0.05, 0) is 52.7 Å². The van der Waals surface area contributed by atoms with E-state index in [1.54, 1.807) is 45.9 Å². The van der Waals surface area contributed by atoms with Gasteiger partial charge in [0.05, 0.1) is 18.8 Å². The number of nitrogens with two attached hydrogens (primary N) is 1. The van der Waals surface area contributed by atoms with Crippen molar-refractivity contribution in [2.45, 2.75) is 89.8 Å². The highest BCUT2D eigenvalue weighted by Crippen LogP contribution is 2.48. The summed E-state index contributed by atoms with van der Waals surface area (Å²) < 4.78 is 57.9. The van der Waals surface area contributed by atoms with Crippen LogP contribution in [0.5, 0.6) is 5.75 Å². The van der Waals surface area contributed by atoms with Crippen molar-refractivity contribution in [2.24, 2.45) is 5.73 Å². The van der Waals surface area contributed by atoms with Crippen LogP contribution in [0.3, 0.4) is 0 Å².